The summed E-state index contributed by atoms with van der Waals surface area (Å²) in [5.74, 6) is -1.10. The Morgan fingerprint density at radius 2 is 1.90 bits per heavy atom. The number of halogens is 3. The molecule has 0 aliphatic rings. The van der Waals surface area contributed by atoms with Crippen LogP contribution in [0.25, 0.3) is 11.3 Å². The van der Waals surface area contributed by atoms with Gasteiger partial charge in [0.25, 0.3) is 0 Å². The Morgan fingerprint density at radius 1 is 1.29 bits per heavy atom. The Balaban J connectivity index is 2.63. The van der Waals surface area contributed by atoms with Crippen LogP contribution < -0.4 is 5.73 Å². The highest BCUT2D eigenvalue weighted by molar-refractivity contribution is 6.00. The smallest absolute Gasteiger partial charge is 0.432 e. The molecule has 2 aromatic rings. The van der Waals surface area contributed by atoms with Gasteiger partial charge in [-0.05, 0) is 6.92 Å². The van der Waals surface area contributed by atoms with Crippen LogP contribution in [-0.2, 0) is 10.9 Å². The number of carbonyl (C=O) groups is 1. The molecule has 4 nitrogen and oxygen atoms in total. The summed E-state index contributed by atoms with van der Waals surface area (Å²) in [6.45, 7) is 1.47. The van der Waals surface area contributed by atoms with Crippen LogP contribution in [0.4, 0.5) is 18.9 Å². The topological polar surface area (TPSA) is 68.1 Å². The quantitative estimate of drug-likeness (QED) is 0.853. The largest absolute Gasteiger partial charge is 0.462 e. The summed E-state index contributed by atoms with van der Waals surface area (Å²) in [6.07, 6.45) is -4.73. The van der Waals surface area contributed by atoms with Gasteiger partial charge in [0.2, 0.25) is 0 Å². The highest BCUT2D eigenvalue weighted by Crippen LogP contribution is 2.39. The van der Waals surface area contributed by atoms with Gasteiger partial charge in [-0.25, -0.2) is 4.79 Å². The van der Waals surface area contributed by atoms with Crippen molar-refractivity contribution >= 4 is 11.7 Å². The summed E-state index contributed by atoms with van der Waals surface area (Å²) in [6, 6.07) is 8.23. The first-order valence-corrected chi connectivity index (χ1v) is 6.17. The molecule has 0 radical (unpaired) electrons. The van der Waals surface area contributed by atoms with Gasteiger partial charge in [0, 0.05) is 5.56 Å². The lowest BCUT2D eigenvalue weighted by atomic mass is 10.1. The van der Waals surface area contributed by atoms with E-state index in [1.165, 1.54) is 6.92 Å². The number of rotatable bonds is 3. The highest BCUT2D eigenvalue weighted by Gasteiger charge is 2.40. The normalized spacial score (nSPS) is 11.4. The van der Waals surface area contributed by atoms with Crippen molar-refractivity contribution in [3.05, 3.63) is 41.6 Å². The minimum absolute atomic E-state index is 0.0403. The molecule has 0 aliphatic heterocycles. The number of ether oxygens (including phenoxy) is 1. The lowest BCUT2D eigenvalue weighted by molar-refractivity contribution is -0.141. The molecule has 0 unspecified atom stereocenters. The SMILES string of the molecule is CCOC(=O)c1c(C(F)(F)F)[nH]c(-c2ccccc2)c1N. The maximum atomic E-state index is 13.1. The van der Waals surface area contributed by atoms with E-state index in [0.29, 0.717) is 5.56 Å². The van der Waals surface area contributed by atoms with Gasteiger partial charge in [0.05, 0.1) is 18.0 Å². The highest BCUT2D eigenvalue weighted by atomic mass is 19.4. The molecule has 0 spiro atoms. The number of H-pyrrole nitrogens is 1. The zero-order chi connectivity index (χ0) is 15.6. The van der Waals surface area contributed by atoms with E-state index in [1.54, 1.807) is 30.3 Å². The fourth-order valence-electron chi connectivity index (χ4n) is 1.97. The van der Waals surface area contributed by atoms with Crippen molar-refractivity contribution in [3.63, 3.8) is 0 Å². The van der Waals surface area contributed by atoms with Gasteiger partial charge in [0.15, 0.2) is 0 Å². The van der Waals surface area contributed by atoms with Gasteiger partial charge in [-0.1, -0.05) is 30.3 Å². The van der Waals surface area contributed by atoms with Crippen molar-refractivity contribution in [2.45, 2.75) is 13.1 Å². The average Bonchev–Trinajstić information content (AvgIpc) is 2.78. The maximum Gasteiger partial charge on any atom is 0.432 e. The number of nitrogens with one attached hydrogen (secondary N) is 1. The predicted octanol–water partition coefficient (Wildman–Crippen LogP) is 3.46. The van der Waals surface area contributed by atoms with E-state index in [2.05, 4.69) is 9.72 Å². The van der Waals surface area contributed by atoms with Crippen LogP contribution in [0.3, 0.4) is 0 Å². The molecule has 7 heteroatoms. The first kappa shape index (κ1) is 15.0. The van der Waals surface area contributed by atoms with E-state index >= 15 is 0 Å². The third-order valence-corrected chi connectivity index (χ3v) is 2.86. The number of nitrogens with two attached hydrogens (primary N) is 1. The zero-order valence-electron chi connectivity index (χ0n) is 11.1. The second-order valence-electron chi connectivity index (χ2n) is 4.25. The van der Waals surface area contributed by atoms with Gasteiger partial charge in [-0.3, -0.25) is 0 Å². The molecule has 0 atom stereocenters. The number of aromatic nitrogens is 1. The van der Waals surface area contributed by atoms with E-state index in [4.69, 9.17) is 5.73 Å². The van der Waals surface area contributed by atoms with Gasteiger partial charge in [-0.15, -0.1) is 0 Å². The standard InChI is InChI=1S/C14H13F3N2O2/c1-2-21-13(20)9-10(18)11(8-6-4-3-5-7-8)19-12(9)14(15,16)17/h3-7,19H,2,18H2,1H3. The summed E-state index contributed by atoms with van der Waals surface area (Å²) in [4.78, 5) is 14.0. The van der Waals surface area contributed by atoms with E-state index in [1.807, 2.05) is 0 Å². The Kier molecular flexibility index (Phi) is 3.93. The molecule has 2 rings (SSSR count). The van der Waals surface area contributed by atoms with Crippen LogP contribution in [-0.4, -0.2) is 17.6 Å². The second kappa shape index (κ2) is 5.51. The molecule has 1 aromatic heterocycles. The monoisotopic (exact) mass is 298 g/mol. The molecule has 0 bridgehead atoms. The van der Waals surface area contributed by atoms with Crippen LogP contribution in [0, 0.1) is 0 Å². The molecule has 1 heterocycles. The molecule has 0 saturated carbocycles. The van der Waals surface area contributed by atoms with Crippen LogP contribution >= 0.6 is 0 Å². The third-order valence-electron chi connectivity index (χ3n) is 2.86. The van der Waals surface area contributed by atoms with Crippen LogP contribution in [0.1, 0.15) is 23.0 Å². The number of hydrogen-bond donors (Lipinski definition) is 2. The summed E-state index contributed by atoms with van der Waals surface area (Å²) in [5, 5.41) is 0. The van der Waals surface area contributed by atoms with E-state index in [-0.39, 0.29) is 18.0 Å². The van der Waals surface area contributed by atoms with Gasteiger partial charge in [-0.2, -0.15) is 13.2 Å². The molecular formula is C14H13F3N2O2. The number of hydrogen-bond acceptors (Lipinski definition) is 3. The van der Waals surface area contributed by atoms with Crippen molar-refractivity contribution in [1.29, 1.82) is 0 Å². The van der Waals surface area contributed by atoms with Crippen LogP contribution in [0.5, 0.6) is 0 Å². The minimum Gasteiger partial charge on any atom is -0.462 e. The summed E-state index contributed by atoms with van der Waals surface area (Å²) < 4.78 is 43.8. The number of alkyl halides is 3. The number of nitrogen functional groups attached to an aromatic ring is 1. The number of esters is 1. The summed E-state index contributed by atoms with van der Waals surface area (Å²) in [5.41, 5.74) is 4.09. The van der Waals surface area contributed by atoms with Gasteiger partial charge in [0.1, 0.15) is 11.3 Å². The molecule has 0 aliphatic carbocycles. The maximum absolute atomic E-state index is 13.1. The Morgan fingerprint density at radius 3 is 2.43 bits per heavy atom. The number of carbonyl (C=O) groups excluding carboxylic acids is 1. The third kappa shape index (κ3) is 2.86. The number of aromatic amines is 1. The number of anilines is 1. The molecule has 0 fully saturated rings. The van der Waals surface area contributed by atoms with Crippen molar-refractivity contribution in [2.75, 3.05) is 12.3 Å². The Bertz CT molecular complexity index is 648. The molecule has 3 N–H and O–H groups in total. The van der Waals surface area contributed by atoms with Gasteiger partial charge >= 0.3 is 12.1 Å². The fourth-order valence-corrected chi connectivity index (χ4v) is 1.97. The first-order valence-electron chi connectivity index (χ1n) is 6.17. The fraction of sp³-hybridized carbons (Fsp3) is 0.214. The first-order chi connectivity index (χ1) is 9.86. The lowest BCUT2D eigenvalue weighted by Gasteiger charge is -2.07. The minimum atomic E-state index is -4.73. The Labute approximate surface area is 118 Å². The van der Waals surface area contributed by atoms with Crippen LogP contribution in [0.2, 0.25) is 0 Å². The number of benzene rings is 1. The second-order valence-corrected chi connectivity index (χ2v) is 4.25. The molecule has 0 amide bonds. The molecule has 0 saturated heterocycles. The summed E-state index contributed by atoms with van der Waals surface area (Å²) in [7, 11) is 0. The van der Waals surface area contributed by atoms with E-state index in [9.17, 15) is 18.0 Å². The van der Waals surface area contributed by atoms with Crippen LogP contribution in [0.15, 0.2) is 30.3 Å². The van der Waals surface area contributed by atoms with Crippen molar-refractivity contribution in [3.8, 4) is 11.3 Å². The zero-order valence-corrected chi connectivity index (χ0v) is 11.1. The Hall–Kier alpha value is -2.44. The van der Waals surface area contributed by atoms with Gasteiger partial charge < -0.3 is 15.5 Å². The lowest BCUT2D eigenvalue weighted by Crippen LogP contribution is -2.15. The molecular weight excluding hydrogens is 285 g/mol. The molecule has 112 valence electrons. The molecule has 1 aromatic carbocycles. The summed E-state index contributed by atoms with van der Waals surface area (Å²) >= 11 is 0. The van der Waals surface area contributed by atoms with Crippen molar-refractivity contribution in [1.82, 2.24) is 4.98 Å². The predicted molar refractivity (Wildman–Crippen MR) is 71.6 cm³/mol. The van der Waals surface area contributed by atoms with Crippen molar-refractivity contribution < 1.29 is 22.7 Å². The van der Waals surface area contributed by atoms with E-state index in [0.717, 1.165) is 0 Å². The van der Waals surface area contributed by atoms with E-state index < -0.39 is 23.4 Å². The molecule has 21 heavy (non-hydrogen) atoms. The van der Waals surface area contributed by atoms with Crippen molar-refractivity contribution in [2.24, 2.45) is 0 Å². The average molecular weight is 298 g/mol.